The normalized spacial score (nSPS) is 20.3. The number of hydrogen-bond acceptors (Lipinski definition) is 5. The monoisotopic (exact) mass is 374 g/mol. The van der Waals surface area contributed by atoms with Gasteiger partial charge in [-0.05, 0) is 50.2 Å². The summed E-state index contributed by atoms with van der Waals surface area (Å²) < 4.78 is 5.38. The Morgan fingerprint density at radius 2 is 2.00 bits per heavy atom. The predicted molar refractivity (Wildman–Crippen MR) is 103 cm³/mol. The van der Waals surface area contributed by atoms with Crippen LogP contribution >= 0.6 is 0 Å². The highest BCUT2D eigenvalue weighted by atomic mass is 16.5. The van der Waals surface area contributed by atoms with E-state index in [1.807, 2.05) is 18.2 Å². The molecule has 0 atom stereocenters. The molecule has 2 N–H and O–H groups in total. The molecule has 148 valence electrons. The second kappa shape index (κ2) is 10.3. The number of amides is 2. The van der Waals surface area contributed by atoms with Gasteiger partial charge in [-0.25, -0.2) is 4.98 Å². The first-order valence-electron chi connectivity index (χ1n) is 10.0. The molecule has 2 bridgehead atoms. The van der Waals surface area contributed by atoms with Crippen LogP contribution in [0.1, 0.15) is 37.8 Å². The Balaban J connectivity index is 1.62. The third-order valence-electron chi connectivity index (χ3n) is 5.14. The van der Waals surface area contributed by atoms with Crippen molar-refractivity contribution < 1.29 is 14.3 Å². The van der Waals surface area contributed by atoms with Gasteiger partial charge in [-0.1, -0.05) is 6.07 Å². The second-order valence-corrected chi connectivity index (χ2v) is 7.32. The highest BCUT2D eigenvalue weighted by Gasteiger charge is 2.23. The average molecular weight is 374 g/mol. The van der Waals surface area contributed by atoms with E-state index in [2.05, 4.69) is 15.6 Å². The maximum atomic E-state index is 12.8. The highest BCUT2D eigenvalue weighted by Crippen LogP contribution is 2.19. The second-order valence-electron chi connectivity index (χ2n) is 7.32. The lowest BCUT2D eigenvalue weighted by Gasteiger charge is -2.27. The number of anilines is 1. The van der Waals surface area contributed by atoms with E-state index in [0.717, 1.165) is 63.4 Å². The summed E-state index contributed by atoms with van der Waals surface area (Å²) in [5.41, 5.74) is 1.01. The molecule has 0 aliphatic carbocycles. The summed E-state index contributed by atoms with van der Waals surface area (Å²) in [7, 11) is 0. The molecule has 27 heavy (non-hydrogen) atoms. The van der Waals surface area contributed by atoms with E-state index in [4.69, 9.17) is 4.74 Å². The van der Waals surface area contributed by atoms with Crippen LogP contribution in [-0.2, 0) is 20.7 Å². The van der Waals surface area contributed by atoms with Gasteiger partial charge in [-0.3, -0.25) is 9.59 Å². The van der Waals surface area contributed by atoms with Crippen molar-refractivity contribution in [3.05, 3.63) is 23.9 Å². The molecule has 1 aromatic heterocycles. The van der Waals surface area contributed by atoms with Crippen LogP contribution in [0.4, 0.5) is 5.82 Å². The number of aromatic nitrogens is 1. The first-order valence-corrected chi connectivity index (χ1v) is 10.0. The fourth-order valence-corrected chi connectivity index (χ4v) is 3.55. The van der Waals surface area contributed by atoms with Gasteiger partial charge in [0.25, 0.3) is 0 Å². The summed E-state index contributed by atoms with van der Waals surface area (Å²) in [4.78, 5) is 31.4. The minimum Gasteiger partial charge on any atom is -0.381 e. The summed E-state index contributed by atoms with van der Waals surface area (Å²) in [5, 5.41) is 6.21. The Hall–Kier alpha value is -2.15. The molecular formula is C20H30N4O3. The lowest BCUT2D eigenvalue weighted by Crippen LogP contribution is -2.42. The van der Waals surface area contributed by atoms with Crippen LogP contribution in [0.3, 0.4) is 0 Å². The standard InChI is InChI=1S/C20H30N4O3/c25-19-15-24(20(26)14-16-7-12-27-13-8-16)11-2-5-17-4-1-6-18(23-17)21-9-3-10-22-19/h1,4,6,16H,2-3,5,7-15H2,(H,21,23)(H,22,25). The van der Waals surface area contributed by atoms with Gasteiger partial charge >= 0.3 is 0 Å². The third-order valence-corrected chi connectivity index (χ3v) is 5.14. The quantitative estimate of drug-likeness (QED) is 0.821. The molecule has 0 spiro atoms. The molecule has 3 heterocycles. The first-order chi connectivity index (χ1) is 13.2. The van der Waals surface area contributed by atoms with Gasteiger partial charge in [0.2, 0.25) is 11.8 Å². The number of nitrogens with one attached hydrogen (secondary N) is 2. The highest BCUT2D eigenvalue weighted by molar-refractivity contribution is 5.84. The SMILES string of the molecule is O=C1CN(C(=O)CC2CCOCC2)CCCc2cccc(n2)NCCCN1. The van der Waals surface area contributed by atoms with Gasteiger partial charge in [0.15, 0.2) is 0 Å². The van der Waals surface area contributed by atoms with E-state index in [1.54, 1.807) is 4.90 Å². The zero-order valence-electron chi connectivity index (χ0n) is 15.9. The van der Waals surface area contributed by atoms with Gasteiger partial charge in [-0.15, -0.1) is 0 Å². The molecule has 7 nitrogen and oxygen atoms in total. The van der Waals surface area contributed by atoms with Crippen LogP contribution in [0.25, 0.3) is 0 Å². The molecule has 0 unspecified atom stereocenters. The number of carbonyl (C=O) groups excluding carboxylic acids is 2. The summed E-state index contributed by atoms with van der Waals surface area (Å²) in [6, 6.07) is 5.97. The number of aryl methyl sites for hydroxylation is 1. The fraction of sp³-hybridized carbons (Fsp3) is 0.650. The van der Waals surface area contributed by atoms with Crippen molar-refractivity contribution in [3.63, 3.8) is 0 Å². The Kier molecular flexibility index (Phi) is 7.45. The number of nitrogens with zero attached hydrogens (tertiary/aromatic N) is 2. The van der Waals surface area contributed by atoms with Crippen molar-refractivity contribution >= 4 is 17.6 Å². The maximum absolute atomic E-state index is 12.8. The van der Waals surface area contributed by atoms with Crippen LogP contribution in [0.2, 0.25) is 0 Å². The number of pyridine rings is 1. The Bertz CT molecular complexity index is 631. The zero-order valence-corrected chi connectivity index (χ0v) is 15.9. The number of rotatable bonds is 2. The summed E-state index contributed by atoms with van der Waals surface area (Å²) in [6.07, 6.45) is 4.76. The minimum absolute atomic E-state index is 0.0764. The van der Waals surface area contributed by atoms with Gasteiger partial charge in [0.1, 0.15) is 5.82 Å². The minimum atomic E-state index is -0.0796. The molecule has 0 radical (unpaired) electrons. The molecule has 0 saturated carbocycles. The van der Waals surface area contributed by atoms with Gasteiger partial charge in [0, 0.05) is 45.0 Å². The molecule has 3 rings (SSSR count). The van der Waals surface area contributed by atoms with E-state index in [-0.39, 0.29) is 18.4 Å². The molecule has 2 amide bonds. The summed E-state index contributed by atoms with van der Waals surface area (Å²) in [6.45, 7) is 3.53. The lowest BCUT2D eigenvalue weighted by atomic mass is 9.96. The first kappa shape index (κ1) is 19.6. The fourth-order valence-electron chi connectivity index (χ4n) is 3.55. The van der Waals surface area contributed by atoms with Crippen LogP contribution in [-0.4, -0.2) is 61.1 Å². The van der Waals surface area contributed by atoms with Crippen LogP contribution in [0.5, 0.6) is 0 Å². The van der Waals surface area contributed by atoms with Crippen molar-refractivity contribution in [2.75, 3.05) is 44.7 Å². The van der Waals surface area contributed by atoms with Gasteiger partial charge in [0.05, 0.1) is 6.54 Å². The zero-order chi connectivity index (χ0) is 18.9. The lowest BCUT2D eigenvalue weighted by molar-refractivity contribution is -0.137. The predicted octanol–water partition coefficient (Wildman–Crippen LogP) is 1.59. The average Bonchev–Trinajstić information content (AvgIpc) is 2.67. The smallest absolute Gasteiger partial charge is 0.239 e. The van der Waals surface area contributed by atoms with Crippen LogP contribution in [0, 0.1) is 5.92 Å². The van der Waals surface area contributed by atoms with E-state index in [0.29, 0.717) is 25.4 Å². The van der Waals surface area contributed by atoms with Gasteiger partial charge < -0.3 is 20.3 Å². The number of ether oxygens (including phenoxy) is 1. The van der Waals surface area contributed by atoms with E-state index >= 15 is 0 Å². The Labute approximate surface area is 160 Å². The molecule has 2 aliphatic rings. The van der Waals surface area contributed by atoms with Crippen molar-refractivity contribution in [3.8, 4) is 0 Å². The molecule has 1 aromatic rings. The van der Waals surface area contributed by atoms with Crippen molar-refractivity contribution in [1.82, 2.24) is 15.2 Å². The molecule has 2 aliphatic heterocycles. The Morgan fingerprint density at radius 1 is 1.19 bits per heavy atom. The van der Waals surface area contributed by atoms with Crippen molar-refractivity contribution in [2.45, 2.75) is 38.5 Å². The summed E-state index contributed by atoms with van der Waals surface area (Å²) in [5.74, 6) is 1.23. The van der Waals surface area contributed by atoms with Gasteiger partial charge in [-0.2, -0.15) is 0 Å². The van der Waals surface area contributed by atoms with Crippen LogP contribution in [0.15, 0.2) is 18.2 Å². The van der Waals surface area contributed by atoms with E-state index in [9.17, 15) is 9.59 Å². The third kappa shape index (κ3) is 6.50. The van der Waals surface area contributed by atoms with Crippen molar-refractivity contribution in [1.29, 1.82) is 0 Å². The Morgan fingerprint density at radius 3 is 2.85 bits per heavy atom. The van der Waals surface area contributed by atoms with E-state index in [1.165, 1.54) is 0 Å². The summed E-state index contributed by atoms with van der Waals surface area (Å²) >= 11 is 0. The maximum Gasteiger partial charge on any atom is 0.239 e. The molecule has 1 fully saturated rings. The largest absolute Gasteiger partial charge is 0.381 e. The molecule has 0 aromatic carbocycles. The molecule has 7 heteroatoms. The number of hydrogen-bond donors (Lipinski definition) is 2. The molecular weight excluding hydrogens is 344 g/mol. The molecule has 1 saturated heterocycles. The van der Waals surface area contributed by atoms with E-state index < -0.39 is 0 Å². The van der Waals surface area contributed by atoms with Crippen LogP contribution < -0.4 is 10.6 Å². The topological polar surface area (TPSA) is 83.6 Å². The van der Waals surface area contributed by atoms with Crippen molar-refractivity contribution in [2.24, 2.45) is 5.92 Å². The number of carbonyl (C=O) groups is 2. The number of fused-ring (bicyclic) bond motifs is 2.